The number of carboxylic acids is 1. The van der Waals surface area contributed by atoms with E-state index < -0.39 is 17.8 Å². The molecule has 0 bridgehead atoms. The minimum absolute atomic E-state index is 0.0293. The van der Waals surface area contributed by atoms with Gasteiger partial charge >= 0.3 is 5.97 Å². The third-order valence-electron chi connectivity index (χ3n) is 4.24. The van der Waals surface area contributed by atoms with E-state index in [2.05, 4.69) is 5.32 Å². The van der Waals surface area contributed by atoms with Crippen LogP contribution in [-0.4, -0.2) is 29.7 Å². The average molecular weight is 289 g/mol. The first kappa shape index (κ1) is 14.1. The third kappa shape index (κ3) is 3.08. The van der Waals surface area contributed by atoms with Crippen molar-refractivity contribution in [3.05, 3.63) is 35.9 Å². The molecule has 1 aromatic rings. The lowest BCUT2D eigenvalue weighted by atomic mass is 9.99. The third-order valence-corrected chi connectivity index (χ3v) is 4.24. The van der Waals surface area contributed by atoms with E-state index in [1.54, 1.807) is 0 Å². The monoisotopic (exact) mass is 289 g/mol. The molecule has 1 aliphatic heterocycles. The molecular formula is C16H19NO4. The maximum absolute atomic E-state index is 12.2. The van der Waals surface area contributed by atoms with E-state index in [0.717, 1.165) is 18.4 Å². The number of amides is 1. The highest BCUT2D eigenvalue weighted by Gasteiger charge is 2.49. The molecule has 2 aliphatic rings. The Bertz CT molecular complexity index is 524. The number of benzene rings is 1. The summed E-state index contributed by atoms with van der Waals surface area (Å²) in [7, 11) is 0. The summed E-state index contributed by atoms with van der Waals surface area (Å²) in [6, 6.07) is 9.53. The number of ether oxygens (including phenoxy) is 1. The van der Waals surface area contributed by atoms with E-state index >= 15 is 0 Å². The minimum atomic E-state index is -0.886. The molecule has 1 aliphatic carbocycles. The molecule has 5 heteroatoms. The van der Waals surface area contributed by atoms with Crippen molar-refractivity contribution in [1.29, 1.82) is 0 Å². The largest absolute Gasteiger partial charge is 0.481 e. The van der Waals surface area contributed by atoms with Crippen molar-refractivity contribution in [3.8, 4) is 0 Å². The van der Waals surface area contributed by atoms with E-state index in [0.29, 0.717) is 13.0 Å². The molecule has 21 heavy (non-hydrogen) atoms. The second-order valence-corrected chi connectivity index (χ2v) is 5.74. The van der Waals surface area contributed by atoms with Crippen LogP contribution in [0.25, 0.3) is 0 Å². The van der Waals surface area contributed by atoms with Crippen molar-refractivity contribution in [2.45, 2.75) is 31.4 Å². The molecule has 1 heterocycles. The molecule has 112 valence electrons. The highest BCUT2D eigenvalue weighted by molar-refractivity contribution is 5.89. The Morgan fingerprint density at radius 1 is 1.24 bits per heavy atom. The van der Waals surface area contributed by atoms with Gasteiger partial charge in [-0.2, -0.15) is 0 Å². The predicted octanol–water partition coefficient (Wildman–Crippen LogP) is 1.74. The Kier molecular flexibility index (Phi) is 3.92. The molecule has 1 saturated heterocycles. The molecule has 0 unspecified atom stereocenters. The van der Waals surface area contributed by atoms with Crippen LogP contribution in [0.15, 0.2) is 30.3 Å². The molecule has 0 radical (unpaired) electrons. The number of carbonyl (C=O) groups is 2. The van der Waals surface area contributed by atoms with Crippen LogP contribution in [0.5, 0.6) is 0 Å². The van der Waals surface area contributed by atoms with Gasteiger partial charge < -0.3 is 15.2 Å². The fourth-order valence-electron chi connectivity index (χ4n) is 2.93. The van der Waals surface area contributed by atoms with Crippen LogP contribution in [0.4, 0.5) is 0 Å². The number of hydrogen-bond acceptors (Lipinski definition) is 3. The first-order valence-electron chi connectivity index (χ1n) is 7.36. The number of rotatable bonds is 5. The Morgan fingerprint density at radius 3 is 2.57 bits per heavy atom. The molecule has 0 spiro atoms. The quantitative estimate of drug-likeness (QED) is 0.866. The summed E-state index contributed by atoms with van der Waals surface area (Å²) < 4.78 is 5.71. The van der Waals surface area contributed by atoms with Crippen LogP contribution in [0.1, 0.15) is 30.9 Å². The van der Waals surface area contributed by atoms with Gasteiger partial charge in [0.25, 0.3) is 0 Å². The Morgan fingerprint density at radius 2 is 2.00 bits per heavy atom. The number of carboxylic acid groups (broad SMARTS) is 1. The number of carbonyl (C=O) groups excluding carboxylic acids is 1. The van der Waals surface area contributed by atoms with E-state index in [9.17, 15) is 9.59 Å². The van der Waals surface area contributed by atoms with Crippen molar-refractivity contribution in [1.82, 2.24) is 5.32 Å². The SMILES string of the molecule is O=C(N[C@@H](c1ccccc1)[C@@H]1CCCO1)[C@H]1C[C@H]1C(=O)O. The van der Waals surface area contributed by atoms with Crippen LogP contribution in [-0.2, 0) is 14.3 Å². The molecule has 5 nitrogen and oxygen atoms in total. The maximum atomic E-state index is 12.2. The molecule has 1 amide bonds. The van der Waals surface area contributed by atoms with Crippen molar-refractivity contribution < 1.29 is 19.4 Å². The van der Waals surface area contributed by atoms with Gasteiger partial charge in [0.05, 0.1) is 24.0 Å². The van der Waals surface area contributed by atoms with Gasteiger partial charge in [-0.1, -0.05) is 30.3 Å². The molecule has 1 saturated carbocycles. The first-order chi connectivity index (χ1) is 10.2. The Balaban J connectivity index is 1.71. The van der Waals surface area contributed by atoms with Crippen LogP contribution in [0.2, 0.25) is 0 Å². The van der Waals surface area contributed by atoms with Crippen LogP contribution < -0.4 is 5.32 Å². The minimum Gasteiger partial charge on any atom is -0.481 e. The number of aliphatic carboxylic acids is 1. The molecule has 4 atom stereocenters. The molecule has 0 aromatic heterocycles. The standard InChI is InChI=1S/C16H19NO4/c18-15(11-9-12(11)16(19)20)17-14(13-7-4-8-21-13)10-5-2-1-3-6-10/h1-3,5-6,11-14H,4,7-9H2,(H,17,18)(H,19,20)/t11-,12+,13-,14-/m0/s1. The van der Waals surface area contributed by atoms with Crippen LogP contribution in [0.3, 0.4) is 0 Å². The Labute approximate surface area is 123 Å². The van der Waals surface area contributed by atoms with Crippen LogP contribution in [0, 0.1) is 11.8 Å². The van der Waals surface area contributed by atoms with Crippen LogP contribution >= 0.6 is 0 Å². The highest BCUT2D eigenvalue weighted by atomic mass is 16.5. The molecule has 1 aromatic carbocycles. The normalized spacial score (nSPS) is 28.9. The van der Waals surface area contributed by atoms with Crippen molar-refractivity contribution in [3.63, 3.8) is 0 Å². The summed E-state index contributed by atoms with van der Waals surface area (Å²) in [4.78, 5) is 23.1. The van der Waals surface area contributed by atoms with Crippen molar-refractivity contribution >= 4 is 11.9 Å². The van der Waals surface area contributed by atoms with Crippen molar-refractivity contribution in [2.24, 2.45) is 11.8 Å². The summed E-state index contributed by atoms with van der Waals surface area (Å²) in [5.74, 6) is -1.98. The predicted molar refractivity (Wildman–Crippen MR) is 75.5 cm³/mol. The molecule has 3 rings (SSSR count). The highest BCUT2D eigenvalue weighted by Crippen LogP contribution is 2.39. The van der Waals surface area contributed by atoms with E-state index in [1.165, 1.54) is 0 Å². The molecule has 2 fully saturated rings. The van der Waals surface area contributed by atoms with Gasteiger partial charge in [0.15, 0.2) is 0 Å². The lowest BCUT2D eigenvalue weighted by molar-refractivity contribution is -0.140. The van der Waals surface area contributed by atoms with E-state index in [-0.39, 0.29) is 18.1 Å². The maximum Gasteiger partial charge on any atom is 0.307 e. The van der Waals surface area contributed by atoms with Gasteiger partial charge in [-0.3, -0.25) is 9.59 Å². The Hall–Kier alpha value is -1.88. The fourth-order valence-corrected chi connectivity index (χ4v) is 2.93. The summed E-state index contributed by atoms with van der Waals surface area (Å²) >= 11 is 0. The smallest absolute Gasteiger partial charge is 0.307 e. The van der Waals surface area contributed by atoms with Gasteiger partial charge in [0, 0.05) is 6.61 Å². The summed E-state index contributed by atoms with van der Waals surface area (Å²) in [6.45, 7) is 0.713. The lowest BCUT2D eigenvalue weighted by Crippen LogP contribution is -2.37. The zero-order chi connectivity index (χ0) is 14.8. The summed E-state index contributed by atoms with van der Waals surface area (Å²) in [5.41, 5.74) is 1.00. The zero-order valence-electron chi connectivity index (χ0n) is 11.7. The number of hydrogen-bond donors (Lipinski definition) is 2. The number of nitrogens with one attached hydrogen (secondary N) is 1. The zero-order valence-corrected chi connectivity index (χ0v) is 11.7. The van der Waals surface area contributed by atoms with Gasteiger partial charge in [-0.15, -0.1) is 0 Å². The topological polar surface area (TPSA) is 75.6 Å². The molecular weight excluding hydrogens is 270 g/mol. The lowest BCUT2D eigenvalue weighted by Gasteiger charge is -2.24. The fraction of sp³-hybridized carbons (Fsp3) is 0.500. The van der Waals surface area contributed by atoms with Gasteiger partial charge in [-0.25, -0.2) is 0 Å². The van der Waals surface area contributed by atoms with Crippen molar-refractivity contribution in [2.75, 3.05) is 6.61 Å². The average Bonchev–Trinajstić information content (AvgIpc) is 3.13. The van der Waals surface area contributed by atoms with Gasteiger partial charge in [-0.05, 0) is 24.8 Å². The second kappa shape index (κ2) is 5.85. The summed E-state index contributed by atoms with van der Waals surface area (Å²) in [5, 5.41) is 11.9. The van der Waals surface area contributed by atoms with Gasteiger partial charge in [0.2, 0.25) is 5.91 Å². The molecule has 2 N–H and O–H groups in total. The first-order valence-corrected chi connectivity index (χ1v) is 7.36. The second-order valence-electron chi connectivity index (χ2n) is 5.74. The van der Waals surface area contributed by atoms with E-state index in [4.69, 9.17) is 9.84 Å². The van der Waals surface area contributed by atoms with E-state index in [1.807, 2.05) is 30.3 Å². The summed E-state index contributed by atoms with van der Waals surface area (Å²) in [6.07, 6.45) is 2.31. The van der Waals surface area contributed by atoms with Gasteiger partial charge in [0.1, 0.15) is 0 Å².